The molecule has 0 unspecified atom stereocenters. The standard InChI is InChI=1S/C6H10S/c1-3-4-5-6(2)7/h1-5H2/p+1. The maximum atomic E-state index is 4.01. The lowest BCUT2D eigenvalue weighted by Gasteiger charge is -1.88. The first-order chi connectivity index (χ1) is 3.27. The monoisotopic (exact) mass is 115 g/mol. The molecule has 0 bridgehead atoms. The first-order valence-electron chi connectivity index (χ1n) is 2.43. The van der Waals surface area contributed by atoms with Crippen LogP contribution >= 0.6 is 12.6 Å². The zero-order valence-electron chi connectivity index (χ0n) is 4.48. The summed E-state index contributed by atoms with van der Waals surface area (Å²) in [4.78, 5) is 0.962. The molecule has 0 aliphatic heterocycles. The summed E-state index contributed by atoms with van der Waals surface area (Å²) in [5.74, 6) is 0. The molecule has 0 saturated heterocycles. The quantitative estimate of drug-likeness (QED) is 0.424. The summed E-state index contributed by atoms with van der Waals surface area (Å²) in [6.45, 7) is 7.31. The molecule has 0 fully saturated rings. The summed E-state index contributed by atoms with van der Waals surface area (Å²) in [7, 11) is 0. The normalized spacial score (nSPS) is 8.71. The van der Waals surface area contributed by atoms with Gasteiger partial charge in [0.1, 0.15) is 0 Å². The van der Waals surface area contributed by atoms with E-state index in [-0.39, 0.29) is 0 Å². The van der Waals surface area contributed by atoms with Gasteiger partial charge in [-0.3, -0.25) is 0 Å². The number of hydrogen-bond acceptors (Lipinski definition) is 1. The molecule has 0 nitrogen and oxygen atoms in total. The number of rotatable bonds is 3. The van der Waals surface area contributed by atoms with Crippen molar-refractivity contribution in [3.05, 3.63) is 18.4 Å². The van der Waals surface area contributed by atoms with Gasteiger partial charge in [-0.1, -0.05) is 6.58 Å². The Kier molecular flexibility index (Phi) is 4.10. The molecular formula is C6H11S+. The summed E-state index contributed by atoms with van der Waals surface area (Å²) >= 11 is 4.01. The van der Waals surface area contributed by atoms with E-state index < -0.39 is 0 Å². The zero-order chi connectivity index (χ0) is 5.70. The van der Waals surface area contributed by atoms with Crippen molar-refractivity contribution in [3.8, 4) is 0 Å². The minimum absolute atomic E-state index is 0.962. The van der Waals surface area contributed by atoms with E-state index in [1.54, 1.807) is 0 Å². The van der Waals surface area contributed by atoms with Crippen molar-refractivity contribution in [2.75, 3.05) is 0 Å². The van der Waals surface area contributed by atoms with Crippen LogP contribution in [0.2, 0.25) is 0 Å². The van der Waals surface area contributed by atoms with Crippen molar-refractivity contribution in [2.24, 2.45) is 0 Å². The maximum absolute atomic E-state index is 4.01. The summed E-state index contributed by atoms with van der Waals surface area (Å²) in [5.41, 5.74) is 0. The van der Waals surface area contributed by atoms with Crippen LogP contribution in [0.25, 0.3) is 0 Å². The Balaban J connectivity index is 2.82. The van der Waals surface area contributed by atoms with Crippen molar-refractivity contribution < 1.29 is 0 Å². The molecule has 0 aliphatic rings. The maximum Gasteiger partial charge on any atom is 0.0854 e. The predicted octanol–water partition coefficient (Wildman–Crippen LogP) is 2.43. The molecule has 0 N–H and O–H groups in total. The Hall–Kier alpha value is -0.0400. The third-order valence-corrected chi connectivity index (χ3v) is 0.939. The van der Waals surface area contributed by atoms with Gasteiger partial charge in [0, 0.05) is 0 Å². The number of thiol groups is 1. The lowest BCUT2D eigenvalue weighted by molar-refractivity contribution is 0.861. The van der Waals surface area contributed by atoms with Crippen LogP contribution in [-0.4, -0.2) is 0 Å². The van der Waals surface area contributed by atoms with Crippen LogP contribution in [-0.2, 0) is 0 Å². The van der Waals surface area contributed by atoms with Gasteiger partial charge < -0.3 is 0 Å². The Morgan fingerprint density at radius 3 is 2.43 bits per heavy atom. The Labute approximate surface area is 51.0 Å². The van der Waals surface area contributed by atoms with Crippen molar-refractivity contribution in [3.63, 3.8) is 0 Å². The summed E-state index contributed by atoms with van der Waals surface area (Å²) in [6.07, 6.45) is 3.11. The molecule has 40 valence electrons. The molecule has 7 heavy (non-hydrogen) atoms. The van der Waals surface area contributed by atoms with Crippen molar-refractivity contribution >= 4 is 12.6 Å². The van der Waals surface area contributed by atoms with Crippen molar-refractivity contribution in [1.82, 2.24) is 0 Å². The van der Waals surface area contributed by atoms with Gasteiger partial charge in [-0.15, -0.1) is 12.6 Å². The van der Waals surface area contributed by atoms with E-state index in [4.69, 9.17) is 0 Å². The second kappa shape index (κ2) is 4.13. The fourth-order valence-corrected chi connectivity index (χ4v) is 0.487. The van der Waals surface area contributed by atoms with Crippen LogP contribution in [0, 0.1) is 6.92 Å². The Morgan fingerprint density at radius 1 is 1.71 bits per heavy atom. The molecule has 0 radical (unpaired) electrons. The summed E-state index contributed by atoms with van der Waals surface area (Å²) < 4.78 is 0. The number of allylic oxidation sites excluding steroid dienone is 1. The molecule has 0 aromatic heterocycles. The van der Waals surface area contributed by atoms with Gasteiger partial charge in [0.25, 0.3) is 0 Å². The SMILES string of the molecule is C=C(S)CCC[CH2+]. The first-order valence-corrected chi connectivity index (χ1v) is 2.88. The second-order valence-electron chi connectivity index (χ2n) is 1.52. The van der Waals surface area contributed by atoms with Gasteiger partial charge in [-0.05, 0) is 17.7 Å². The predicted molar refractivity (Wildman–Crippen MR) is 37.3 cm³/mol. The third kappa shape index (κ3) is 5.96. The zero-order valence-corrected chi connectivity index (χ0v) is 5.38. The smallest absolute Gasteiger partial charge is 0.0854 e. The highest BCUT2D eigenvalue weighted by atomic mass is 32.1. The molecule has 1 heteroatoms. The molecule has 0 heterocycles. The lowest BCUT2D eigenvalue weighted by atomic mass is 10.2. The fraction of sp³-hybridized carbons (Fsp3) is 0.500. The summed E-state index contributed by atoms with van der Waals surface area (Å²) in [5, 5.41) is 0. The van der Waals surface area contributed by atoms with E-state index in [1.165, 1.54) is 0 Å². The Bertz CT molecular complexity index is 57.2. The van der Waals surface area contributed by atoms with Crippen LogP contribution in [0.15, 0.2) is 11.5 Å². The van der Waals surface area contributed by atoms with Gasteiger partial charge in [0.15, 0.2) is 0 Å². The fourth-order valence-electron chi connectivity index (χ4n) is 0.329. The third-order valence-electron chi connectivity index (χ3n) is 0.715. The van der Waals surface area contributed by atoms with E-state index in [2.05, 4.69) is 26.1 Å². The number of hydrogen-bond donors (Lipinski definition) is 1. The lowest BCUT2D eigenvalue weighted by Crippen LogP contribution is -1.69. The average molecular weight is 115 g/mol. The highest BCUT2D eigenvalue weighted by Gasteiger charge is 1.85. The van der Waals surface area contributed by atoms with Gasteiger partial charge in [-0.2, -0.15) is 0 Å². The van der Waals surface area contributed by atoms with Crippen molar-refractivity contribution in [1.29, 1.82) is 0 Å². The topological polar surface area (TPSA) is 0 Å². The van der Waals surface area contributed by atoms with Gasteiger partial charge in [0.05, 0.1) is 13.3 Å². The van der Waals surface area contributed by atoms with E-state index in [1.807, 2.05) is 0 Å². The van der Waals surface area contributed by atoms with Crippen LogP contribution < -0.4 is 0 Å². The summed E-state index contributed by atoms with van der Waals surface area (Å²) in [6, 6.07) is 0. The minimum atomic E-state index is 0.962. The second-order valence-corrected chi connectivity index (χ2v) is 2.16. The first kappa shape index (κ1) is 6.96. The Morgan fingerprint density at radius 2 is 2.29 bits per heavy atom. The molecule has 0 aromatic rings. The van der Waals surface area contributed by atoms with Crippen LogP contribution in [0.4, 0.5) is 0 Å². The molecule has 0 saturated carbocycles. The minimum Gasteiger partial charge on any atom is -0.149 e. The van der Waals surface area contributed by atoms with E-state index in [9.17, 15) is 0 Å². The van der Waals surface area contributed by atoms with Crippen LogP contribution in [0.1, 0.15) is 19.3 Å². The van der Waals surface area contributed by atoms with E-state index in [0.717, 1.165) is 24.2 Å². The molecule has 0 rings (SSSR count). The van der Waals surface area contributed by atoms with Gasteiger partial charge in [0.2, 0.25) is 0 Å². The molecule has 0 atom stereocenters. The largest absolute Gasteiger partial charge is 0.149 e. The molecule has 0 amide bonds. The molecular weight excluding hydrogens is 104 g/mol. The van der Waals surface area contributed by atoms with Gasteiger partial charge >= 0.3 is 0 Å². The van der Waals surface area contributed by atoms with Crippen LogP contribution in [0.3, 0.4) is 0 Å². The molecule has 0 aromatic carbocycles. The van der Waals surface area contributed by atoms with Crippen LogP contribution in [0.5, 0.6) is 0 Å². The highest BCUT2D eigenvalue weighted by molar-refractivity contribution is 7.84. The molecule has 0 spiro atoms. The average Bonchev–Trinajstić information content (AvgIpc) is 1.61. The van der Waals surface area contributed by atoms with E-state index in [0.29, 0.717) is 0 Å². The molecule has 0 aliphatic carbocycles. The van der Waals surface area contributed by atoms with Crippen molar-refractivity contribution in [2.45, 2.75) is 19.3 Å². The highest BCUT2D eigenvalue weighted by Crippen LogP contribution is 2.06. The van der Waals surface area contributed by atoms with Gasteiger partial charge in [-0.25, -0.2) is 0 Å². The van der Waals surface area contributed by atoms with E-state index >= 15 is 0 Å². The number of unbranched alkanes of at least 4 members (excludes halogenated alkanes) is 1.